The second-order valence-electron chi connectivity index (χ2n) is 11.8. The molecule has 1 atom stereocenters. The number of aromatic nitrogens is 2. The number of thiophene rings is 1. The number of morpholine rings is 1. The van der Waals surface area contributed by atoms with Crippen molar-refractivity contribution in [2.45, 2.75) is 52.3 Å². The van der Waals surface area contributed by atoms with E-state index in [4.69, 9.17) is 4.74 Å². The van der Waals surface area contributed by atoms with Gasteiger partial charge in [0.15, 0.2) is 0 Å². The Hall–Kier alpha value is -3.70. The number of aliphatic hydroxyl groups is 1. The van der Waals surface area contributed by atoms with E-state index in [1.807, 2.05) is 13.8 Å². The summed E-state index contributed by atoms with van der Waals surface area (Å²) in [6, 6.07) is 9.70. The van der Waals surface area contributed by atoms with Crippen LogP contribution in [0.1, 0.15) is 53.2 Å². The van der Waals surface area contributed by atoms with Crippen molar-refractivity contribution in [3.8, 4) is 6.07 Å². The maximum absolute atomic E-state index is 13.8. The normalized spacial score (nSPS) is 18.2. The molecule has 2 N–H and O–H groups in total. The topological polar surface area (TPSA) is 124 Å². The number of carbonyl (C=O) groups is 2. The third-order valence-corrected chi connectivity index (χ3v) is 9.03. The summed E-state index contributed by atoms with van der Waals surface area (Å²) in [5.41, 5.74) is 1.53. The van der Waals surface area contributed by atoms with Gasteiger partial charge in [0.05, 0.1) is 46.7 Å². The summed E-state index contributed by atoms with van der Waals surface area (Å²) >= 11 is 0.714. The van der Waals surface area contributed by atoms with Gasteiger partial charge in [0.25, 0.3) is 18.2 Å². The minimum absolute atomic E-state index is 0.0966. The van der Waals surface area contributed by atoms with Crippen LogP contribution in [0.5, 0.6) is 0 Å². The number of alkyl halides is 2. The molecule has 234 valence electrons. The molecule has 0 aliphatic carbocycles. The quantitative estimate of drug-likeness (QED) is 0.250. The number of fused-ring (bicyclic) bond motifs is 1. The number of benzene rings is 1. The molecule has 2 aromatic heterocycles. The number of amides is 2. The number of nitriles is 1. The fourth-order valence-corrected chi connectivity index (χ4v) is 6.64. The number of imidazole rings is 1. The molecule has 10 nitrogen and oxygen atoms in total. The van der Waals surface area contributed by atoms with Gasteiger partial charge < -0.3 is 19.3 Å². The Morgan fingerprint density at radius 3 is 2.70 bits per heavy atom. The maximum atomic E-state index is 13.8. The van der Waals surface area contributed by atoms with E-state index in [-0.39, 0.29) is 39.8 Å². The van der Waals surface area contributed by atoms with E-state index in [1.54, 1.807) is 33.7 Å². The third kappa shape index (κ3) is 7.15. The van der Waals surface area contributed by atoms with Crippen LogP contribution in [0.25, 0.3) is 11.0 Å². The van der Waals surface area contributed by atoms with Crippen molar-refractivity contribution in [2.75, 3.05) is 44.7 Å². The molecule has 3 aromatic rings. The summed E-state index contributed by atoms with van der Waals surface area (Å²) in [4.78, 5) is 35.3. The zero-order valence-corrected chi connectivity index (χ0v) is 25.6. The third-order valence-electron chi connectivity index (χ3n) is 7.94. The van der Waals surface area contributed by atoms with Gasteiger partial charge in [-0.25, -0.2) is 13.8 Å². The fraction of sp³-hybridized carbons (Fsp3) is 0.484. The number of likely N-dealkylation sites (tertiary alicyclic amines) is 1. The Labute approximate surface area is 258 Å². The summed E-state index contributed by atoms with van der Waals surface area (Å²) < 4.78 is 33.5. The van der Waals surface area contributed by atoms with Crippen LogP contribution in [0.15, 0.2) is 42.0 Å². The lowest BCUT2D eigenvalue weighted by atomic mass is 9.89. The number of hydrogen-bond acceptors (Lipinski definition) is 8. The van der Waals surface area contributed by atoms with E-state index in [0.717, 1.165) is 19.5 Å². The van der Waals surface area contributed by atoms with Crippen molar-refractivity contribution in [3.63, 3.8) is 0 Å². The van der Waals surface area contributed by atoms with Crippen LogP contribution >= 0.6 is 11.3 Å². The number of ether oxygens (including phenoxy) is 1. The van der Waals surface area contributed by atoms with Crippen molar-refractivity contribution in [1.29, 1.82) is 5.26 Å². The van der Waals surface area contributed by atoms with Gasteiger partial charge in [-0.05, 0) is 48.1 Å². The lowest BCUT2D eigenvalue weighted by Crippen LogP contribution is -2.42. The first-order chi connectivity index (χ1) is 21.1. The van der Waals surface area contributed by atoms with E-state index in [1.165, 1.54) is 12.1 Å². The molecule has 0 unspecified atom stereocenters. The first-order valence-electron chi connectivity index (χ1n) is 14.6. The highest BCUT2D eigenvalue weighted by molar-refractivity contribution is 7.14. The maximum Gasteiger partial charge on any atom is 0.272 e. The number of rotatable bonds is 10. The molecule has 0 bridgehead atoms. The standard InChI is InChI=1S/C31H36F2N6O4S/c1-31(2,19-37-10-12-43-13-11-37)15-21(16-34)29(42)38-9-3-4-22(38)17-39-24-6-5-20(18-40)14-23(24)35-30(39)36-28(41)26-8-7-25(44-26)27(32)33/h5-8,14-15,22,27,40H,3-4,9-13,17-19H2,1-2H3,(H,35,36,41)/t22-/m1/s1. The summed E-state index contributed by atoms with van der Waals surface area (Å²) in [7, 11) is 0. The van der Waals surface area contributed by atoms with E-state index >= 15 is 0 Å². The summed E-state index contributed by atoms with van der Waals surface area (Å²) in [6.07, 6.45) is 0.530. The van der Waals surface area contributed by atoms with Gasteiger partial charge in [-0.2, -0.15) is 5.26 Å². The van der Waals surface area contributed by atoms with Crippen molar-refractivity contribution < 1.29 is 28.2 Å². The monoisotopic (exact) mass is 626 g/mol. The van der Waals surface area contributed by atoms with Gasteiger partial charge in [-0.3, -0.25) is 19.8 Å². The minimum atomic E-state index is -2.67. The van der Waals surface area contributed by atoms with Crippen LogP contribution < -0.4 is 5.32 Å². The number of aliphatic hydroxyl groups excluding tert-OH is 1. The van der Waals surface area contributed by atoms with Gasteiger partial charge in [0.1, 0.15) is 11.6 Å². The molecule has 2 aliphatic heterocycles. The Balaban J connectivity index is 1.39. The summed E-state index contributed by atoms with van der Waals surface area (Å²) in [5, 5.41) is 22.4. The number of carbonyl (C=O) groups excluding carboxylic acids is 2. The molecule has 13 heteroatoms. The van der Waals surface area contributed by atoms with E-state index in [2.05, 4.69) is 21.3 Å². The molecule has 2 amide bonds. The number of anilines is 1. The predicted octanol–water partition coefficient (Wildman–Crippen LogP) is 4.58. The molecule has 1 aromatic carbocycles. The number of nitrogens with zero attached hydrogens (tertiary/aromatic N) is 5. The smallest absolute Gasteiger partial charge is 0.272 e. The van der Waals surface area contributed by atoms with Crippen molar-refractivity contribution >= 4 is 40.1 Å². The molecule has 4 heterocycles. The second kappa shape index (κ2) is 13.5. The zero-order valence-electron chi connectivity index (χ0n) is 24.8. The number of hydrogen-bond donors (Lipinski definition) is 2. The largest absolute Gasteiger partial charge is 0.392 e. The Morgan fingerprint density at radius 1 is 1.25 bits per heavy atom. The molecular weight excluding hydrogens is 590 g/mol. The average Bonchev–Trinajstić information content (AvgIpc) is 3.75. The van der Waals surface area contributed by atoms with Crippen molar-refractivity contribution in [2.24, 2.45) is 5.41 Å². The molecule has 0 spiro atoms. The van der Waals surface area contributed by atoms with Crippen LogP contribution in [0.2, 0.25) is 0 Å². The van der Waals surface area contributed by atoms with Crippen LogP contribution in [-0.4, -0.2) is 81.7 Å². The second-order valence-corrected chi connectivity index (χ2v) is 12.9. The molecule has 2 fully saturated rings. The average molecular weight is 627 g/mol. The van der Waals surface area contributed by atoms with Crippen LogP contribution in [-0.2, 0) is 22.7 Å². The van der Waals surface area contributed by atoms with Crippen molar-refractivity contribution in [3.05, 3.63) is 57.3 Å². The van der Waals surface area contributed by atoms with Crippen LogP contribution in [0, 0.1) is 16.7 Å². The molecule has 0 radical (unpaired) electrons. The molecule has 44 heavy (non-hydrogen) atoms. The molecule has 2 aliphatic rings. The Bertz CT molecular complexity index is 1590. The van der Waals surface area contributed by atoms with E-state index in [0.29, 0.717) is 67.2 Å². The lowest BCUT2D eigenvalue weighted by molar-refractivity contribution is -0.127. The van der Waals surface area contributed by atoms with Crippen LogP contribution in [0.4, 0.5) is 14.7 Å². The fourth-order valence-electron chi connectivity index (χ4n) is 5.88. The van der Waals surface area contributed by atoms with Gasteiger partial charge in [0, 0.05) is 32.7 Å². The van der Waals surface area contributed by atoms with Gasteiger partial charge in [-0.1, -0.05) is 26.0 Å². The Morgan fingerprint density at radius 2 is 2.02 bits per heavy atom. The number of nitrogens with one attached hydrogen (secondary N) is 1. The lowest BCUT2D eigenvalue weighted by Gasteiger charge is -2.33. The van der Waals surface area contributed by atoms with Crippen molar-refractivity contribution in [1.82, 2.24) is 19.4 Å². The first-order valence-corrected chi connectivity index (χ1v) is 15.4. The number of halogens is 2. The van der Waals surface area contributed by atoms with E-state index in [9.17, 15) is 28.7 Å². The van der Waals surface area contributed by atoms with Gasteiger partial charge >= 0.3 is 0 Å². The van der Waals surface area contributed by atoms with Gasteiger partial charge in [-0.15, -0.1) is 11.3 Å². The predicted molar refractivity (Wildman–Crippen MR) is 162 cm³/mol. The molecule has 5 rings (SSSR count). The highest BCUT2D eigenvalue weighted by atomic mass is 32.1. The molecule has 0 saturated carbocycles. The SMILES string of the molecule is CC(C)(C=C(C#N)C(=O)N1CCC[C@@H]1Cn1c(NC(=O)c2ccc(C(F)F)s2)nc2cc(CO)ccc21)CN1CCOCC1. The summed E-state index contributed by atoms with van der Waals surface area (Å²) in [6.45, 7) is 8.25. The molecular formula is C31H36F2N6O4S. The first kappa shape index (κ1) is 31.7. The Kier molecular flexibility index (Phi) is 9.75. The molecule has 2 saturated heterocycles. The van der Waals surface area contributed by atoms with E-state index < -0.39 is 17.7 Å². The zero-order chi connectivity index (χ0) is 31.4. The van der Waals surface area contributed by atoms with Crippen LogP contribution in [0.3, 0.4) is 0 Å². The summed E-state index contributed by atoms with van der Waals surface area (Å²) in [5.74, 6) is -0.702. The van der Waals surface area contributed by atoms with Gasteiger partial charge in [0.2, 0.25) is 5.95 Å². The minimum Gasteiger partial charge on any atom is -0.392 e. The highest BCUT2D eigenvalue weighted by Gasteiger charge is 2.33. The highest BCUT2D eigenvalue weighted by Crippen LogP contribution is 2.30.